The van der Waals surface area contributed by atoms with Crippen LogP contribution in [-0.2, 0) is 4.79 Å². The normalized spacial score (nSPS) is 16.5. The third kappa shape index (κ3) is 2.64. The summed E-state index contributed by atoms with van der Waals surface area (Å²) < 4.78 is 0. The van der Waals surface area contributed by atoms with E-state index in [4.69, 9.17) is 0 Å². The Morgan fingerprint density at radius 3 is 2.27 bits per heavy atom. The van der Waals surface area contributed by atoms with Gasteiger partial charge in [-0.1, -0.05) is 36.4 Å². The van der Waals surface area contributed by atoms with Crippen LogP contribution in [0.25, 0.3) is 21.5 Å². The van der Waals surface area contributed by atoms with Crippen LogP contribution in [0, 0.1) is 0 Å². The summed E-state index contributed by atoms with van der Waals surface area (Å²) in [5.41, 5.74) is 0. The lowest BCUT2D eigenvalue weighted by Gasteiger charge is -2.21. The first-order chi connectivity index (χ1) is 10.8. The van der Waals surface area contributed by atoms with E-state index < -0.39 is 0 Å². The molecule has 0 bridgehead atoms. The third-order valence-corrected chi connectivity index (χ3v) is 5.91. The number of carbonyl (C=O) groups is 1. The van der Waals surface area contributed by atoms with Gasteiger partial charge in [-0.15, -0.1) is 11.8 Å². The van der Waals surface area contributed by atoms with Crippen molar-refractivity contribution in [1.82, 2.24) is 0 Å². The van der Waals surface area contributed by atoms with E-state index in [0.29, 0.717) is 11.0 Å². The molecule has 2 heteroatoms. The van der Waals surface area contributed by atoms with Crippen LogP contribution >= 0.6 is 11.8 Å². The molecule has 0 aromatic heterocycles. The van der Waals surface area contributed by atoms with Gasteiger partial charge < -0.3 is 0 Å². The minimum Gasteiger partial charge on any atom is -0.300 e. The zero-order valence-electron chi connectivity index (χ0n) is 12.4. The second-order valence-corrected chi connectivity index (χ2v) is 7.37. The van der Waals surface area contributed by atoms with Crippen LogP contribution in [0.4, 0.5) is 0 Å². The van der Waals surface area contributed by atoms with Gasteiger partial charge in [-0.05, 0) is 52.6 Å². The van der Waals surface area contributed by atoms with Gasteiger partial charge in [-0.25, -0.2) is 0 Å². The van der Waals surface area contributed by atoms with Crippen molar-refractivity contribution in [1.29, 1.82) is 0 Å². The summed E-state index contributed by atoms with van der Waals surface area (Å²) >= 11 is 1.95. The maximum atomic E-state index is 11.4. The number of fused-ring (bicyclic) bond motifs is 2. The van der Waals surface area contributed by atoms with Gasteiger partial charge in [-0.2, -0.15) is 0 Å². The number of carbonyl (C=O) groups excluding carboxylic acids is 1. The molecule has 3 aromatic rings. The number of benzene rings is 3. The van der Waals surface area contributed by atoms with Crippen molar-refractivity contribution < 1.29 is 4.79 Å². The molecular formula is C20H18OS. The van der Waals surface area contributed by atoms with E-state index >= 15 is 0 Å². The van der Waals surface area contributed by atoms with Crippen molar-refractivity contribution in [2.75, 3.05) is 0 Å². The highest BCUT2D eigenvalue weighted by Gasteiger charge is 2.20. The highest BCUT2D eigenvalue weighted by Crippen LogP contribution is 2.37. The predicted octanol–water partition coefficient (Wildman–Crippen LogP) is 5.60. The summed E-state index contributed by atoms with van der Waals surface area (Å²) in [6.07, 6.45) is 3.55. The van der Waals surface area contributed by atoms with Gasteiger partial charge in [0, 0.05) is 23.0 Å². The van der Waals surface area contributed by atoms with Crippen LogP contribution in [0.2, 0.25) is 0 Å². The summed E-state index contributed by atoms with van der Waals surface area (Å²) in [5, 5.41) is 5.80. The predicted molar refractivity (Wildman–Crippen MR) is 94.6 cm³/mol. The Bertz CT molecular complexity index is 843. The first-order valence-electron chi connectivity index (χ1n) is 7.89. The molecular weight excluding hydrogens is 288 g/mol. The molecule has 0 N–H and O–H groups in total. The zero-order chi connectivity index (χ0) is 14.9. The highest BCUT2D eigenvalue weighted by molar-refractivity contribution is 8.00. The zero-order valence-corrected chi connectivity index (χ0v) is 13.2. The molecule has 0 saturated heterocycles. The SMILES string of the molecule is O=C1CCC(Sc2cccc3cc4ccccc4cc23)CC1. The van der Waals surface area contributed by atoms with Crippen LogP contribution in [0.15, 0.2) is 59.5 Å². The molecule has 1 aliphatic rings. The molecule has 110 valence electrons. The summed E-state index contributed by atoms with van der Waals surface area (Å²) in [6.45, 7) is 0. The summed E-state index contributed by atoms with van der Waals surface area (Å²) in [6, 6.07) is 19.7. The maximum Gasteiger partial charge on any atom is 0.132 e. The fourth-order valence-electron chi connectivity index (χ4n) is 3.25. The second kappa shape index (κ2) is 5.77. The van der Waals surface area contributed by atoms with Gasteiger partial charge >= 0.3 is 0 Å². The summed E-state index contributed by atoms with van der Waals surface area (Å²) in [7, 11) is 0. The van der Waals surface area contributed by atoms with E-state index in [1.54, 1.807) is 0 Å². The van der Waals surface area contributed by atoms with Gasteiger partial charge in [0.1, 0.15) is 5.78 Å². The molecule has 22 heavy (non-hydrogen) atoms. The third-order valence-electron chi connectivity index (χ3n) is 4.49. The van der Waals surface area contributed by atoms with Crippen molar-refractivity contribution in [3.8, 4) is 0 Å². The number of rotatable bonds is 2. The van der Waals surface area contributed by atoms with Gasteiger partial charge in [-0.3, -0.25) is 4.79 Å². The lowest BCUT2D eigenvalue weighted by molar-refractivity contribution is -0.120. The quantitative estimate of drug-likeness (QED) is 0.573. The fraction of sp³-hybridized carbons (Fsp3) is 0.250. The van der Waals surface area contributed by atoms with Crippen LogP contribution in [0.1, 0.15) is 25.7 Å². The largest absolute Gasteiger partial charge is 0.300 e. The monoisotopic (exact) mass is 306 g/mol. The van der Waals surface area contributed by atoms with Crippen molar-refractivity contribution in [2.24, 2.45) is 0 Å². The van der Waals surface area contributed by atoms with E-state index in [0.717, 1.165) is 25.7 Å². The van der Waals surface area contributed by atoms with Gasteiger partial charge in [0.05, 0.1) is 0 Å². The number of thioether (sulfide) groups is 1. The molecule has 0 aliphatic heterocycles. The number of ketones is 1. The van der Waals surface area contributed by atoms with Crippen LogP contribution in [0.3, 0.4) is 0 Å². The second-order valence-electron chi connectivity index (χ2n) is 6.03. The Morgan fingerprint density at radius 2 is 1.50 bits per heavy atom. The van der Waals surface area contributed by atoms with Gasteiger partial charge in [0.25, 0.3) is 0 Å². The Kier molecular flexibility index (Phi) is 3.63. The molecule has 0 radical (unpaired) electrons. The Morgan fingerprint density at radius 1 is 0.818 bits per heavy atom. The first-order valence-corrected chi connectivity index (χ1v) is 8.77. The standard InChI is InChI=1S/C20H18OS/c21-17-8-10-18(11-9-17)22-20-7-3-6-16-12-14-4-1-2-5-15(14)13-19(16)20/h1-7,12-13,18H,8-11H2. The minimum absolute atomic E-state index is 0.431. The molecule has 0 amide bonds. The van der Waals surface area contributed by atoms with E-state index in [1.807, 2.05) is 11.8 Å². The molecule has 0 heterocycles. The van der Waals surface area contributed by atoms with Crippen molar-refractivity contribution in [2.45, 2.75) is 35.8 Å². The molecule has 0 atom stereocenters. The number of hydrogen-bond donors (Lipinski definition) is 0. The lowest BCUT2D eigenvalue weighted by Crippen LogP contribution is -2.15. The van der Waals surface area contributed by atoms with E-state index in [-0.39, 0.29) is 0 Å². The van der Waals surface area contributed by atoms with Crippen LogP contribution in [-0.4, -0.2) is 11.0 Å². The molecule has 0 unspecified atom stereocenters. The number of Topliss-reactive ketones (excluding diaryl/α,β-unsaturated/α-hetero) is 1. The smallest absolute Gasteiger partial charge is 0.132 e. The van der Waals surface area contributed by atoms with E-state index in [2.05, 4.69) is 54.6 Å². The Hall–Kier alpha value is -1.80. The van der Waals surface area contributed by atoms with E-state index in [9.17, 15) is 4.79 Å². The molecule has 4 rings (SSSR count). The molecule has 0 spiro atoms. The highest BCUT2D eigenvalue weighted by atomic mass is 32.2. The average Bonchev–Trinajstić information content (AvgIpc) is 2.55. The minimum atomic E-state index is 0.431. The molecule has 1 aliphatic carbocycles. The van der Waals surface area contributed by atoms with Gasteiger partial charge in [0.15, 0.2) is 0 Å². The average molecular weight is 306 g/mol. The fourth-order valence-corrected chi connectivity index (χ4v) is 4.54. The van der Waals surface area contributed by atoms with Crippen molar-refractivity contribution in [3.63, 3.8) is 0 Å². The topological polar surface area (TPSA) is 17.1 Å². The molecule has 1 fully saturated rings. The molecule has 1 nitrogen and oxygen atoms in total. The summed E-state index contributed by atoms with van der Waals surface area (Å²) in [5.74, 6) is 0.431. The lowest BCUT2D eigenvalue weighted by atomic mass is 9.99. The van der Waals surface area contributed by atoms with Gasteiger partial charge in [0.2, 0.25) is 0 Å². The van der Waals surface area contributed by atoms with E-state index in [1.165, 1.54) is 26.4 Å². The maximum absolute atomic E-state index is 11.4. The first kappa shape index (κ1) is 13.8. The molecule has 3 aromatic carbocycles. The molecule has 1 saturated carbocycles. The Balaban J connectivity index is 1.73. The van der Waals surface area contributed by atoms with Crippen LogP contribution < -0.4 is 0 Å². The Labute approximate surface area is 134 Å². The van der Waals surface area contributed by atoms with Crippen molar-refractivity contribution >= 4 is 39.1 Å². The van der Waals surface area contributed by atoms with Crippen molar-refractivity contribution in [3.05, 3.63) is 54.6 Å². The van der Waals surface area contributed by atoms with Crippen LogP contribution in [0.5, 0.6) is 0 Å². The summed E-state index contributed by atoms with van der Waals surface area (Å²) in [4.78, 5) is 12.8. The number of hydrogen-bond acceptors (Lipinski definition) is 2.